The van der Waals surface area contributed by atoms with Crippen molar-refractivity contribution < 1.29 is 32.6 Å². The first-order valence-electron chi connectivity index (χ1n) is 13.0. The number of ether oxygens (including phenoxy) is 2. The van der Waals surface area contributed by atoms with E-state index >= 15 is 4.39 Å². The molecule has 11 heteroatoms. The Kier molecular flexibility index (Phi) is 7.94. The zero-order chi connectivity index (χ0) is 29.5. The topological polar surface area (TPSA) is 93.7 Å². The van der Waals surface area contributed by atoms with Crippen LogP contribution in [0.25, 0.3) is 0 Å². The fourth-order valence-corrected chi connectivity index (χ4v) is 6.10. The molecule has 0 saturated carbocycles. The molecule has 3 aromatic rings. The van der Waals surface area contributed by atoms with Crippen LogP contribution in [0.1, 0.15) is 48.9 Å². The van der Waals surface area contributed by atoms with Crippen LogP contribution in [0, 0.1) is 17.6 Å². The van der Waals surface area contributed by atoms with Crippen molar-refractivity contribution in [2.24, 2.45) is 5.92 Å². The largest absolute Gasteiger partial charge is 0.492 e. The number of piperidine rings is 1. The fraction of sp³-hybridized carbons (Fsp3) is 0.300. The van der Waals surface area contributed by atoms with Gasteiger partial charge in [-0.1, -0.05) is 29.3 Å². The maximum Gasteiger partial charge on any atom is 0.312 e. The normalized spacial score (nSPS) is 22.1. The summed E-state index contributed by atoms with van der Waals surface area (Å²) in [4.78, 5) is 39.6. The summed E-state index contributed by atoms with van der Waals surface area (Å²) >= 11 is 12.7. The Labute approximate surface area is 245 Å². The van der Waals surface area contributed by atoms with E-state index in [-0.39, 0.29) is 30.9 Å². The van der Waals surface area contributed by atoms with Crippen molar-refractivity contribution in [2.45, 2.75) is 37.6 Å². The number of fused-ring (bicyclic) bond motifs is 2. The number of benzene rings is 3. The zero-order valence-electron chi connectivity index (χ0n) is 22.1. The molecular formula is C30H26Cl2F2N2O5. The second-order valence-corrected chi connectivity index (χ2v) is 11.0. The van der Waals surface area contributed by atoms with Gasteiger partial charge in [0.2, 0.25) is 11.8 Å². The molecule has 5 rings (SSSR count). The summed E-state index contributed by atoms with van der Waals surface area (Å²) in [6, 6.07) is 11.1. The molecule has 0 radical (unpaired) electrons. The van der Waals surface area contributed by atoms with Gasteiger partial charge in [0.15, 0.2) is 0 Å². The molecule has 2 aliphatic heterocycles. The van der Waals surface area contributed by atoms with Crippen molar-refractivity contribution in [1.82, 2.24) is 5.32 Å². The van der Waals surface area contributed by atoms with Crippen LogP contribution in [-0.2, 0) is 24.5 Å². The summed E-state index contributed by atoms with van der Waals surface area (Å²) in [6.45, 7) is 3.51. The lowest BCUT2D eigenvalue weighted by atomic mass is 9.59. The van der Waals surface area contributed by atoms with E-state index in [0.29, 0.717) is 26.9 Å². The fourth-order valence-electron chi connectivity index (χ4n) is 5.75. The van der Waals surface area contributed by atoms with E-state index in [1.165, 1.54) is 0 Å². The third-order valence-corrected chi connectivity index (χ3v) is 8.02. The number of nitrogens with one attached hydrogen (secondary N) is 2. The number of anilines is 1. The quantitative estimate of drug-likeness (QED) is 0.319. The lowest BCUT2D eigenvalue weighted by molar-refractivity contribution is -0.148. The molecule has 1 saturated heterocycles. The number of carbonyl (C=O) groups is 3. The van der Waals surface area contributed by atoms with E-state index < -0.39 is 52.7 Å². The van der Waals surface area contributed by atoms with E-state index in [1.807, 2.05) is 0 Å². The van der Waals surface area contributed by atoms with E-state index in [1.54, 1.807) is 50.2 Å². The third-order valence-electron chi connectivity index (χ3n) is 7.55. The summed E-state index contributed by atoms with van der Waals surface area (Å²) in [5.74, 6) is -4.29. The van der Waals surface area contributed by atoms with Crippen LogP contribution in [-0.4, -0.2) is 31.0 Å². The highest BCUT2D eigenvalue weighted by molar-refractivity contribution is 6.31. The molecule has 2 N–H and O–H groups in total. The summed E-state index contributed by atoms with van der Waals surface area (Å²) in [5.41, 5.74) is -0.634. The van der Waals surface area contributed by atoms with Gasteiger partial charge in [-0.3, -0.25) is 14.4 Å². The summed E-state index contributed by atoms with van der Waals surface area (Å²) in [6.07, 6.45) is -0.201. The zero-order valence-corrected chi connectivity index (χ0v) is 23.6. The number of rotatable bonds is 7. The maximum atomic E-state index is 15.3. The molecule has 1 spiro atoms. The summed E-state index contributed by atoms with van der Waals surface area (Å²) < 4.78 is 41.0. The molecular weight excluding hydrogens is 577 g/mol. The van der Waals surface area contributed by atoms with Gasteiger partial charge in [-0.2, -0.15) is 0 Å². The van der Waals surface area contributed by atoms with Gasteiger partial charge in [0.25, 0.3) is 0 Å². The summed E-state index contributed by atoms with van der Waals surface area (Å²) in [5, 5.41) is 6.25. The number of hydrogen-bond donors (Lipinski definition) is 2. The van der Waals surface area contributed by atoms with Gasteiger partial charge >= 0.3 is 5.97 Å². The van der Waals surface area contributed by atoms with Gasteiger partial charge in [-0.05, 0) is 67.9 Å². The molecule has 0 bridgehead atoms. The molecule has 7 nitrogen and oxygen atoms in total. The average Bonchev–Trinajstić information content (AvgIpc) is 3.21. The molecule has 0 aromatic heterocycles. The Morgan fingerprint density at radius 1 is 1.05 bits per heavy atom. The van der Waals surface area contributed by atoms with E-state index in [4.69, 9.17) is 32.7 Å². The molecule has 2 amide bonds. The number of halogens is 4. The van der Waals surface area contributed by atoms with Crippen molar-refractivity contribution in [3.05, 3.63) is 93.0 Å². The van der Waals surface area contributed by atoms with Gasteiger partial charge in [-0.15, -0.1) is 0 Å². The van der Waals surface area contributed by atoms with Crippen molar-refractivity contribution in [3.8, 4) is 5.75 Å². The standard InChI is InChI=1S/C30H26Cl2F2N2O5/c1-3-40-28(38)15(2)14-41-25-9-5-16(31)10-19(25)22-13-26(37)36-27(20-12-18(33)6-8-23(20)34)30(22)21-7-4-17(32)11-24(21)35-29(30)39/h4-12,15,22,27H,3,13-14H2,1-2H3,(H,35,39)(H,36,37). The Morgan fingerprint density at radius 3 is 2.54 bits per heavy atom. The van der Waals surface area contributed by atoms with Crippen LogP contribution >= 0.6 is 23.2 Å². The molecule has 2 heterocycles. The van der Waals surface area contributed by atoms with Gasteiger partial charge in [0.1, 0.15) is 29.4 Å². The number of esters is 1. The van der Waals surface area contributed by atoms with E-state index in [9.17, 15) is 18.8 Å². The Hall–Kier alpha value is -3.69. The predicted molar refractivity (Wildman–Crippen MR) is 149 cm³/mol. The average molecular weight is 603 g/mol. The van der Waals surface area contributed by atoms with Crippen LogP contribution < -0.4 is 15.4 Å². The maximum absolute atomic E-state index is 15.3. The van der Waals surface area contributed by atoms with Crippen LogP contribution in [0.4, 0.5) is 14.5 Å². The highest BCUT2D eigenvalue weighted by Crippen LogP contribution is 2.59. The molecule has 3 aromatic carbocycles. The van der Waals surface area contributed by atoms with Crippen LogP contribution in [0.2, 0.25) is 10.0 Å². The van der Waals surface area contributed by atoms with Crippen molar-refractivity contribution in [1.29, 1.82) is 0 Å². The molecule has 4 atom stereocenters. The van der Waals surface area contributed by atoms with Crippen molar-refractivity contribution >= 4 is 46.7 Å². The minimum atomic E-state index is -1.65. The molecule has 0 aliphatic carbocycles. The Balaban J connectivity index is 1.71. The van der Waals surface area contributed by atoms with Gasteiger partial charge in [-0.25, -0.2) is 8.78 Å². The van der Waals surface area contributed by atoms with Gasteiger partial charge in [0.05, 0.1) is 18.6 Å². The van der Waals surface area contributed by atoms with Crippen molar-refractivity contribution in [2.75, 3.05) is 18.5 Å². The Morgan fingerprint density at radius 2 is 1.78 bits per heavy atom. The predicted octanol–water partition coefficient (Wildman–Crippen LogP) is 6.08. The smallest absolute Gasteiger partial charge is 0.312 e. The van der Waals surface area contributed by atoms with Gasteiger partial charge < -0.3 is 20.1 Å². The van der Waals surface area contributed by atoms with Crippen LogP contribution in [0.5, 0.6) is 5.75 Å². The van der Waals surface area contributed by atoms with Crippen LogP contribution in [0.15, 0.2) is 54.6 Å². The highest BCUT2D eigenvalue weighted by Gasteiger charge is 2.62. The minimum absolute atomic E-state index is 0.0558. The number of amides is 2. The third kappa shape index (κ3) is 5.13. The molecule has 41 heavy (non-hydrogen) atoms. The lowest BCUT2D eigenvalue weighted by Crippen LogP contribution is -2.57. The van der Waals surface area contributed by atoms with E-state index in [2.05, 4.69) is 10.6 Å². The SMILES string of the molecule is CCOC(=O)C(C)COc1ccc(Cl)cc1C1CC(=O)NC(c2cc(F)ccc2F)C12C(=O)Nc1cc(Cl)ccc12. The molecule has 2 aliphatic rings. The lowest BCUT2D eigenvalue weighted by Gasteiger charge is -2.46. The molecule has 214 valence electrons. The number of hydrogen-bond acceptors (Lipinski definition) is 5. The Bertz CT molecular complexity index is 1550. The summed E-state index contributed by atoms with van der Waals surface area (Å²) in [7, 11) is 0. The first kappa shape index (κ1) is 28.8. The monoisotopic (exact) mass is 602 g/mol. The second kappa shape index (κ2) is 11.3. The number of carbonyl (C=O) groups excluding carboxylic acids is 3. The minimum Gasteiger partial charge on any atom is -0.492 e. The first-order chi connectivity index (χ1) is 19.6. The van der Waals surface area contributed by atoms with Crippen molar-refractivity contribution in [3.63, 3.8) is 0 Å². The molecule has 1 fully saturated rings. The van der Waals surface area contributed by atoms with Gasteiger partial charge in [0, 0.05) is 39.2 Å². The highest BCUT2D eigenvalue weighted by atomic mass is 35.5. The second-order valence-electron chi connectivity index (χ2n) is 10.1. The molecule has 4 unspecified atom stereocenters. The van der Waals surface area contributed by atoms with E-state index in [0.717, 1.165) is 18.2 Å². The van der Waals surface area contributed by atoms with Crippen LogP contribution in [0.3, 0.4) is 0 Å². The first-order valence-corrected chi connectivity index (χ1v) is 13.8.